The Morgan fingerprint density at radius 2 is 1.56 bits per heavy atom. The number of para-hydroxylation sites is 1. The summed E-state index contributed by atoms with van der Waals surface area (Å²) in [7, 11) is 0. The Kier molecular flexibility index (Phi) is 4.77. The van der Waals surface area contributed by atoms with E-state index >= 15 is 0 Å². The highest BCUT2D eigenvalue weighted by Crippen LogP contribution is 2.19. The maximum atomic E-state index is 4.59. The second kappa shape index (κ2) is 7.34. The molecule has 1 aromatic heterocycles. The number of hydrogen-bond acceptors (Lipinski definition) is 3. The van der Waals surface area contributed by atoms with Crippen LogP contribution in [0.1, 0.15) is 16.7 Å². The molecule has 1 aliphatic heterocycles. The molecule has 3 heteroatoms. The lowest BCUT2D eigenvalue weighted by molar-refractivity contribution is 0.122. The van der Waals surface area contributed by atoms with Gasteiger partial charge in [0, 0.05) is 50.9 Å². The van der Waals surface area contributed by atoms with Crippen LogP contribution in [-0.2, 0) is 13.1 Å². The van der Waals surface area contributed by atoms with Crippen LogP contribution >= 0.6 is 0 Å². The molecule has 0 N–H and O–H groups in total. The zero-order chi connectivity index (χ0) is 17.1. The van der Waals surface area contributed by atoms with Crippen LogP contribution in [0.15, 0.2) is 60.8 Å². The summed E-state index contributed by atoms with van der Waals surface area (Å²) in [5.41, 5.74) is 5.25. The standard InChI is InChI=1S/C22H25N3/c1-18-5-2-6-19(15-18)16-24-11-13-25(14-12-24)17-21-8-3-7-20-9-4-10-23-22(20)21/h2-10,15H,11-14,16-17H2,1H3. The Labute approximate surface area is 149 Å². The summed E-state index contributed by atoms with van der Waals surface area (Å²) in [6, 6.07) is 19.5. The SMILES string of the molecule is Cc1cccc(CN2CCN(Cc3cccc4cccnc34)CC2)c1. The summed E-state index contributed by atoms with van der Waals surface area (Å²) >= 11 is 0. The average molecular weight is 331 g/mol. The Morgan fingerprint density at radius 3 is 2.36 bits per heavy atom. The highest BCUT2D eigenvalue weighted by molar-refractivity contribution is 5.81. The summed E-state index contributed by atoms with van der Waals surface area (Å²) in [4.78, 5) is 9.70. The van der Waals surface area contributed by atoms with E-state index in [1.165, 1.54) is 22.1 Å². The Morgan fingerprint density at radius 1 is 0.840 bits per heavy atom. The minimum atomic E-state index is 0.993. The van der Waals surface area contributed by atoms with Gasteiger partial charge in [0.25, 0.3) is 0 Å². The molecule has 128 valence electrons. The van der Waals surface area contributed by atoms with Crippen molar-refractivity contribution in [2.75, 3.05) is 26.2 Å². The van der Waals surface area contributed by atoms with Crippen LogP contribution in [0.4, 0.5) is 0 Å². The highest BCUT2D eigenvalue weighted by atomic mass is 15.3. The van der Waals surface area contributed by atoms with Gasteiger partial charge in [-0.15, -0.1) is 0 Å². The largest absolute Gasteiger partial charge is 0.297 e. The molecule has 2 aromatic carbocycles. The number of pyridine rings is 1. The molecule has 0 radical (unpaired) electrons. The number of aryl methyl sites for hydroxylation is 1. The van der Waals surface area contributed by atoms with Crippen molar-refractivity contribution in [2.45, 2.75) is 20.0 Å². The molecule has 0 bridgehead atoms. The van der Waals surface area contributed by atoms with Crippen molar-refractivity contribution in [2.24, 2.45) is 0 Å². The van der Waals surface area contributed by atoms with E-state index in [1.807, 2.05) is 12.3 Å². The average Bonchev–Trinajstić information content (AvgIpc) is 2.64. The molecule has 0 amide bonds. The van der Waals surface area contributed by atoms with E-state index in [0.29, 0.717) is 0 Å². The van der Waals surface area contributed by atoms with Crippen molar-refractivity contribution in [1.82, 2.24) is 14.8 Å². The van der Waals surface area contributed by atoms with Crippen molar-refractivity contribution >= 4 is 10.9 Å². The number of piperazine rings is 1. The molecule has 4 rings (SSSR count). The predicted molar refractivity (Wildman–Crippen MR) is 103 cm³/mol. The number of aromatic nitrogens is 1. The Bertz CT molecular complexity index is 845. The van der Waals surface area contributed by atoms with E-state index in [4.69, 9.17) is 0 Å². The van der Waals surface area contributed by atoms with Gasteiger partial charge in [-0.2, -0.15) is 0 Å². The van der Waals surface area contributed by atoms with Gasteiger partial charge in [0.1, 0.15) is 0 Å². The van der Waals surface area contributed by atoms with Crippen LogP contribution in [0.5, 0.6) is 0 Å². The Hall–Kier alpha value is -2.23. The topological polar surface area (TPSA) is 19.4 Å². The highest BCUT2D eigenvalue weighted by Gasteiger charge is 2.18. The molecule has 0 unspecified atom stereocenters. The van der Waals surface area contributed by atoms with Gasteiger partial charge in [0.15, 0.2) is 0 Å². The first-order chi connectivity index (χ1) is 12.3. The monoisotopic (exact) mass is 331 g/mol. The molecule has 1 aliphatic rings. The van der Waals surface area contributed by atoms with E-state index in [2.05, 4.69) is 70.2 Å². The maximum absolute atomic E-state index is 4.59. The van der Waals surface area contributed by atoms with Gasteiger partial charge in [0.05, 0.1) is 5.52 Å². The second-order valence-corrected chi connectivity index (χ2v) is 7.03. The van der Waals surface area contributed by atoms with Crippen molar-refractivity contribution in [3.05, 3.63) is 77.5 Å². The van der Waals surface area contributed by atoms with Crippen LogP contribution in [0.3, 0.4) is 0 Å². The Balaban J connectivity index is 1.37. The first-order valence-corrected chi connectivity index (χ1v) is 9.11. The molecule has 3 aromatic rings. The molecule has 2 heterocycles. The molecule has 25 heavy (non-hydrogen) atoms. The summed E-state index contributed by atoms with van der Waals surface area (Å²) in [6.07, 6.45) is 1.89. The molecule has 0 saturated carbocycles. The maximum Gasteiger partial charge on any atom is 0.0746 e. The molecule has 0 aliphatic carbocycles. The molecular formula is C22H25N3. The first-order valence-electron chi connectivity index (χ1n) is 9.11. The lowest BCUT2D eigenvalue weighted by atomic mass is 10.1. The van der Waals surface area contributed by atoms with Crippen molar-refractivity contribution in [1.29, 1.82) is 0 Å². The molecule has 3 nitrogen and oxygen atoms in total. The van der Waals surface area contributed by atoms with Gasteiger partial charge in [-0.25, -0.2) is 0 Å². The van der Waals surface area contributed by atoms with Gasteiger partial charge >= 0.3 is 0 Å². The third kappa shape index (κ3) is 3.89. The zero-order valence-electron chi connectivity index (χ0n) is 14.9. The summed E-state index contributed by atoms with van der Waals surface area (Å²) in [6.45, 7) is 8.72. The summed E-state index contributed by atoms with van der Waals surface area (Å²) < 4.78 is 0. The normalized spacial score (nSPS) is 16.4. The number of hydrogen-bond donors (Lipinski definition) is 0. The van der Waals surface area contributed by atoms with Gasteiger partial charge in [-0.1, -0.05) is 54.1 Å². The van der Waals surface area contributed by atoms with Crippen LogP contribution in [0, 0.1) is 6.92 Å². The van der Waals surface area contributed by atoms with Crippen molar-refractivity contribution < 1.29 is 0 Å². The van der Waals surface area contributed by atoms with Gasteiger partial charge in [-0.05, 0) is 24.1 Å². The predicted octanol–water partition coefficient (Wildman–Crippen LogP) is 3.86. The molecule has 1 fully saturated rings. The lowest BCUT2D eigenvalue weighted by Gasteiger charge is -2.34. The van der Waals surface area contributed by atoms with Gasteiger partial charge in [-0.3, -0.25) is 14.8 Å². The van der Waals surface area contributed by atoms with Crippen LogP contribution in [0.2, 0.25) is 0 Å². The number of benzene rings is 2. The van der Waals surface area contributed by atoms with E-state index in [-0.39, 0.29) is 0 Å². The van der Waals surface area contributed by atoms with E-state index in [9.17, 15) is 0 Å². The third-order valence-corrected chi connectivity index (χ3v) is 5.06. The van der Waals surface area contributed by atoms with Crippen molar-refractivity contribution in [3.63, 3.8) is 0 Å². The molecule has 0 atom stereocenters. The smallest absolute Gasteiger partial charge is 0.0746 e. The first kappa shape index (κ1) is 16.2. The zero-order valence-corrected chi connectivity index (χ0v) is 14.9. The van der Waals surface area contributed by atoms with Gasteiger partial charge in [0.2, 0.25) is 0 Å². The van der Waals surface area contributed by atoms with Gasteiger partial charge < -0.3 is 0 Å². The molecule has 1 saturated heterocycles. The minimum absolute atomic E-state index is 0.993. The lowest BCUT2D eigenvalue weighted by Crippen LogP contribution is -2.45. The fourth-order valence-corrected chi connectivity index (χ4v) is 3.71. The number of fused-ring (bicyclic) bond motifs is 1. The number of rotatable bonds is 4. The number of nitrogens with zero attached hydrogens (tertiary/aromatic N) is 3. The van der Waals surface area contributed by atoms with Crippen LogP contribution < -0.4 is 0 Å². The summed E-state index contributed by atoms with van der Waals surface area (Å²) in [5, 5.41) is 1.23. The quantitative estimate of drug-likeness (QED) is 0.724. The van der Waals surface area contributed by atoms with E-state index in [0.717, 1.165) is 44.8 Å². The molecular weight excluding hydrogens is 306 g/mol. The van der Waals surface area contributed by atoms with Crippen LogP contribution in [0.25, 0.3) is 10.9 Å². The third-order valence-electron chi connectivity index (χ3n) is 5.06. The molecule has 0 spiro atoms. The second-order valence-electron chi connectivity index (χ2n) is 7.03. The minimum Gasteiger partial charge on any atom is -0.297 e. The van der Waals surface area contributed by atoms with Crippen LogP contribution in [-0.4, -0.2) is 41.0 Å². The fourth-order valence-electron chi connectivity index (χ4n) is 3.71. The summed E-state index contributed by atoms with van der Waals surface area (Å²) in [5.74, 6) is 0. The van der Waals surface area contributed by atoms with Crippen molar-refractivity contribution in [3.8, 4) is 0 Å². The van der Waals surface area contributed by atoms with E-state index < -0.39 is 0 Å². The van der Waals surface area contributed by atoms with E-state index in [1.54, 1.807) is 0 Å². The fraction of sp³-hybridized carbons (Fsp3) is 0.318.